The average molecular weight is 579 g/mol. The topological polar surface area (TPSA) is 55.4 Å². The molecule has 0 radical (unpaired) electrons. The summed E-state index contributed by atoms with van der Waals surface area (Å²) >= 11 is 0. The number of hydrogen-bond donors (Lipinski definition) is 0. The number of terminal acetylenes is 1. The molecule has 5 rings (SSSR count). The molecular formula is C37H38O6. The van der Waals surface area contributed by atoms with Crippen LogP contribution in [0.1, 0.15) is 22.3 Å². The van der Waals surface area contributed by atoms with Crippen LogP contribution in [0.2, 0.25) is 0 Å². The summed E-state index contributed by atoms with van der Waals surface area (Å²) in [5, 5.41) is 0. The van der Waals surface area contributed by atoms with Crippen molar-refractivity contribution in [3.8, 4) is 12.3 Å². The maximum absolute atomic E-state index is 6.66. The fourth-order valence-corrected chi connectivity index (χ4v) is 5.01. The summed E-state index contributed by atoms with van der Waals surface area (Å²) in [6.07, 6.45) is 2.61. The zero-order valence-electron chi connectivity index (χ0n) is 24.2. The van der Waals surface area contributed by atoms with Gasteiger partial charge in [0.25, 0.3) is 0 Å². The van der Waals surface area contributed by atoms with Crippen LogP contribution in [0.15, 0.2) is 121 Å². The van der Waals surface area contributed by atoms with Crippen LogP contribution in [0.25, 0.3) is 0 Å². The SMILES string of the molecule is C#CCO[C@H]1O[C@H](COCc2ccccc2)[C@@H](OCc2ccccc2)[C@H](OCc2ccccc2)[C@H]1OCc1ccccc1. The van der Waals surface area contributed by atoms with E-state index in [2.05, 4.69) is 5.92 Å². The van der Waals surface area contributed by atoms with Crippen molar-refractivity contribution in [1.29, 1.82) is 0 Å². The van der Waals surface area contributed by atoms with Gasteiger partial charge in [0.1, 0.15) is 31.0 Å². The first-order valence-corrected chi connectivity index (χ1v) is 14.6. The Kier molecular flexibility index (Phi) is 11.9. The molecule has 0 unspecified atom stereocenters. The Balaban J connectivity index is 1.41. The minimum Gasteiger partial charge on any atom is -0.374 e. The molecule has 1 fully saturated rings. The first-order valence-electron chi connectivity index (χ1n) is 14.6. The van der Waals surface area contributed by atoms with E-state index in [1.807, 2.05) is 121 Å². The van der Waals surface area contributed by atoms with Crippen LogP contribution < -0.4 is 0 Å². The first-order chi connectivity index (χ1) is 21.3. The quantitative estimate of drug-likeness (QED) is 0.154. The third kappa shape index (κ3) is 9.34. The van der Waals surface area contributed by atoms with Gasteiger partial charge in [-0.2, -0.15) is 0 Å². The molecule has 0 aromatic heterocycles. The van der Waals surface area contributed by atoms with Crippen molar-refractivity contribution >= 4 is 0 Å². The van der Waals surface area contributed by atoms with Crippen LogP contribution in [-0.4, -0.2) is 43.9 Å². The fourth-order valence-electron chi connectivity index (χ4n) is 5.01. The predicted molar refractivity (Wildman–Crippen MR) is 165 cm³/mol. The molecule has 0 bridgehead atoms. The lowest BCUT2D eigenvalue weighted by atomic mass is 9.97. The van der Waals surface area contributed by atoms with Crippen LogP contribution in [0.4, 0.5) is 0 Å². The molecule has 0 aliphatic carbocycles. The zero-order chi connectivity index (χ0) is 29.5. The molecule has 0 spiro atoms. The second-order valence-electron chi connectivity index (χ2n) is 10.3. The second kappa shape index (κ2) is 16.7. The minimum atomic E-state index is -0.789. The Labute approximate surface area is 254 Å². The summed E-state index contributed by atoms with van der Waals surface area (Å²) in [5.41, 5.74) is 4.17. The van der Waals surface area contributed by atoms with Crippen LogP contribution in [0.5, 0.6) is 0 Å². The highest BCUT2D eigenvalue weighted by molar-refractivity contribution is 5.16. The van der Waals surface area contributed by atoms with Crippen molar-refractivity contribution in [2.24, 2.45) is 0 Å². The summed E-state index contributed by atoms with van der Waals surface area (Å²) in [4.78, 5) is 0. The molecule has 4 aromatic rings. The number of hydrogen-bond acceptors (Lipinski definition) is 6. The molecule has 5 atom stereocenters. The van der Waals surface area contributed by atoms with Gasteiger partial charge in [-0.1, -0.05) is 127 Å². The lowest BCUT2D eigenvalue weighted by Crippen LogP contribution is -2.61. The maximum Gasteiger partial charge on any atom is 0.188 e. The summed E-state index contributed by atoms with van der Waals surface area (Å²) in [6.45, 7) is 1.84. The lowest BCUT2D eigenvalue weighted by Gasteiger charge is -2.45. The number of benzene rings is 4. The van der Waals surface area contributed by atoms with Crippen LogP contribution in [0, 0.1) is 12.3 Å². The summed E-state index contributed by atoms with van der Waals surface area (Å²) in [7, 11) is 0. The van der Waals surface area contributed by atoms with Gasteiger partial charge in [-0.3, -0.25) is 0 Å². The molecule has 4 aromatic carbocycles. The van der Waals surface area contributed by atoms with Gasteiger partial charge in [-0.25, -0.2) is 0 Å². The number of ether oxygens (including phenoxy) is 6. The highest BCUT2D eigenvalue weighted by atomic mass is 16.7. The Morgan fingerprint density at radius 1 is 0.512 bits per heavy atom. The fraction of sp³-hybridized carbons (Fsp3) is 0.297. The molecule has 1 aliphatic rings. The standard InChI is InChI=1S/C37H38O6/c1-2-23-39-37-36(42-27-32-21-13-6-14-22-32)35(41-26-31-19-11-5-12-20-31)34(40-25-30-17-9-4-10-18-30)33(43-37)28-38-24-29-15-7-3-8-16-29/h1,3-22,33-37H,23-28H2/t33-,34-,35+,36-,37+/m1/s1. The average Bonchev–Trinajstić information content (AvgIpc) is 3.07. The number of rotatable bonds is 15. The third-order valence-electron chi connectivity index (χ3n) is 7.17. The smallest absolute Gasteiger partial charge is 0.188 e. The van der Waals surface area contributed by atoms with E-state index in [1.165, 1.54) is 0 Å². The summed E-state index contributed by atoms with van der Waals surface area (Å²) in [5.74, 6) is 2.56. The molecule has 1 aliphatic heterocycles. The predicted octanol–water partition coefficient (Wildman–Crippen LogP) is 6.33. The van der Waals surface area contributed by atoms with Gasteiger partial charge >= 0.3 is 0 Å². The van der Waals surface area contributed by atoms with E-state index >= 15 is 0 Å². The van der Waals surface area contributed by atoms with Gasteiger partial charge in [0, 0.05) is 0 Å². The van der Waals surface area contributed by atoms with Crippen molar-refractivity contribution in [1.82, 2.24) is 0 Å². The molecular weight excluding hydrogens is 540 g/mol. The van der Waals surface area contributed by atoms with E-state index in [0.29, 0.717) is 26.4 Å². The monoisotopic (exact) mass is 578 g/mol. The van der Waals surface area contributed by atoms with E-state index in [9.17, 15) is 0 Å². The van der Waals surface area contributed by atoms with Gasteiger partial charge < -0.3 is 28.4 Å². The van der Waals surface area contributed by atoms with E-state index in [1.54, 1.807) is 0 Å². The largest absolute Gasteiger partial charge is 0.374 e. The molecule has 0 N–H and O–H groups in total. The van der Waals surface area contributed by atoms with Crippen LogP contribution in [-0.2, 0) is 54.8 Å². The summed E-state index contributed by atoms with van der Waals surface area (Å²) < 4.78 is 38.6. The molecule has 6 nitrogen and oxygen atoms in total. The third-order valence-corrected chi connectivity index (χ3v) is 7.17. The highest BCUT2D eigenvalue weighted by Crippen LogP contribution is 2.31. The van der Waals surface area contributed by atoms with E-state index in [0.717, 1.165) is 22.3 Å². The Bertz CT molecular complexity index is 1360. The van der Waals surface area contributed by atoms with E-state index < -0.39 is 30.7 Å². The van der Waals surface area contributed by atoms with Gasteiger partial charge in [0.05, 0.1) is 33.0 Å². The molecule has 1 saturated heterocycles. The minimum absolute atomic E-state index is 0.0639. The first kappa shape index (κ1) is 30.7. The van der Waals surface area contributed by atoms with Crippen LogP contribution in [0.3, 0.4) is 0 Å². The summed E-state index contributed by atoms with van der Waals surface area (Å²) in [6, 6.07) is 40.1. The molecule has 0 amide bonds. The van der Waals surface area contributed by atoms with E-state index in [4.69, 9.17) is 34.8 Å². The van der Waals surface area contributed by atoms with Crippen molar-refractivity contribution in [3.63, 3.8) is 0 Å². The van der Waals surface area contributed by atoms with Crippen molar-refractivity contribution in [2.75, 3.05) is 13.2 Å². The van der Waals surface area contributed by atoms with Gasteiger partial charge in [-0.15, -0.1) is 6.42 Å². The molecule has 43 heavy (non-hydrogen) atoms. The van der Waals surface area contributed by atoms with E-state index in [-0.39, 0.29) is 13.2 Å². The molecule has 222 valence electrons. The van der Waals surface area contributed by atoms with Gasteiger partial charge in [0.15, 0.2) is 6.29 Å². The lowest BCUT2D eigenvalue weighted by molar-refractivity contribution is -0.326. The van der Waals surface area contributed by atoms with Crippen LogP contribution >= 0.6 is 0 Å². The highest BCUT2D eigenvalue weighted by Gasteiger charge is 2.49. The zero-order valence-corrected chi connectivity index (χ0v) is 24.2. The van der Waals surface area contributed by atoms with Crippen molar-refractivity contribution < 1.29 is 28.4 Å². The Morgan fingerprint density at radius 2 is 0.930 bits per heavy atom. The second-order valence-corrected chi connectivity index (χ2v) is 10.3. The maximum atomic E-state index is 6.66. The van der Waals surface area contributed by atoms with Crippen molar-refractivity contribution in [3.05, 3.63) is 144 Å². The normalized spacial score (nSPS) is 21.7. The molecule has 6 heteroatoms. The molecule has 1 heterocycles. The molecule has 0 saturated carbocycles. The Hall–Kier alpha value is -3.80. The van der Waals surface area contributed by atoms with Gasteiger partial charge in [-0.05, 0) is 22.3 Å². The van der Waals surface area contributed by atoms with Crippen molar-refractivity contribution in [2.45, 2.75) is 57.1 Å². The van der Waals surface area contributed by atoms with Gasteiger partial charge in [0.2, 0.25) is 0 Å². The Morgan fingerprint density at radius 3 is 1.40 bits per heavy atom.